The summed E-state index contributed by atoms with van der Waals surface area (Å²) < 4.78 is 30.5. The highest BCUT2D eigenvalue weighted by molar-refractivity contribution is 7.92. The highest BCUT2D eigenvalue weighted by Crippen LogP contribution is 2.22. The molecule has 18 heavy (non-hydrogen) atoms. The molecule has 0 spiro atoms. The van der Waals surface area contributed by atoms with Gasteiger partial charge in [0.05, 0.1) is 18.6 Å². The Balaban J connectivity index is 3.01. The fourth-order valence-corrected chi connectivity index (χ4v) is 2.73. The van der Waals surface area contributed by atoms with Gasteiger partial charge in [-0.2, -0.15) is 0 Å². The van der Waals surface area contributed by atoms with Crippen LogP contribution in [0.15, 0.2) is 24.3 Å². The van der Waals surface area contributed by atoms with Gasteiger partial charge in [-0.05, 0) is 44.2 Å². The van der Waals surface area contributed by atoms with Gasteiger partial charge in [0.15, 0.2) is 0 Å². The maximum atomic E-state index is 12.0. The lowest BCUT2D eigenvalue weighted by molar-refractivity contribution is 0.415. The van der Waals surface area contributed by atoms with Crippen molar-refractivity contribution in [3.8, 4) is 5.75 Å². The van der Waals surface area contributed by atoms with Crippen LogP contribution in [0.3, 0.4) is 0 Å². The van der Waals surface area contributed by atoms with Gasteiger partial charge >= 0.3 is 0 Å². The Hall–Kier alpha value is -1.27. The molecule has 0 aliphatic rings. The van der Waals surface area contributed by atoms with Crippen LogP contribution in [0.5, 0.6) is 5.75 Å². The number of benzene rings is 1. The van der Waals surface area contributed by atoms with E-state index in [1.54, 1.807) is 38.3 Å². The van der Waals surface area contributed by atoms with E-state index < -0.39 is 10.0 Å². The molecule has 0 saturated carbocycles. The van der Waals surface area contributed by atoms with E-state index in [2.05, 4.69) is 0 Å². The highest BCUT2D eigenvalue weighted by atomic mass is 32.2. The van der Waals surface area contributed by atoms with E-state index in [4.69, 9.17) is 10.5 Å². The Morgan fingerprint density at radius 1 is 1.28 bits per heavy atom. The standard InChI is InChI=1S/C12H20N2O3S/c1-3-18(15,16)14(10-4-9-13)11-5-7-12(17-2)8-6-11/h5-8H,3-4,9-10,13H2,1-2H3. The first kappa shape index (κ1) is 14.8. The van der Waals surface area contributed by atoms with Crippen molar-refractivity contribution in [3.63, 3.8) is 0 Å². The van der Waals surface area contributed by atoms with Crippen LogP contribution < -0.4 is 14.8 Å². The van der Waals surface area contributed by atoms with Gasteiger partial charge in [0.1, 0.15) is 5.75 Å². The number of hydrogen-bond donors (Lipinski definition) is 1. The van der Waals surface area contributed by atoms with Gasteiger partial charge in [-0.1, -0.05) is 0 Å². The first-order valence-electron chi connectivity index (χ1n) is 5.89. The predicted molar refractivity (Wildman–Crippen MR) is 73.5 cm³/mol. The van der Waals surface area contributed by atoms with E-state index in [1.165, 1.54) is 4.31 Å². The fraction of sp³-hybridized carbons (Fsp3) is 0.500. The molecule has 0 radical (unpaired) electrons. The molecule has 0 aliphatic heterocycles. The summed E-state index contributed by atoms with van der Waals surface area (Å²) in [5, 5.41) is 0. The van der Waals surface area contributed by atoms with Crippen LogP contribution in [-0.4, -0.2) is 34.4 Å². The number of ether oxygens (including phenoxy) is 1. The smallest absolute Gasteiger partial charge is 0.234 e. The van der Waals surface area contributed by atoms with Gasteiger partial charge in [-0.15, -0.1) is 0 Å². The second-order valence-electron chi connectivity index (χ2n) is 3.81. The monoisotopic (exact) mass is 272 g/mol. The molecule has 1 rings (SSSR count). The topological polar surface area (TPSA) is 72.6 Å². The molecule has 0 bridgehead atoms. The third-order valence-corrected chi connectivity index (χ3v) is 4.42. The van der Waals surface area contributed by atoms with Gasteiger partial charge in [-0.25, -0.2) is 8.42 Å². The number of nitrogens with zero attached hydrogens (tertiary/aromatic N) is 1. The minimum absolute atomic E-state index is 0.0730. The number of sulfonamides is 1. The van der Waals surface area contributed by atoms with Crippen LogP contribution in [0.4, 0.5) is 5.69 Å². The molecule has 0 atom stereocenters. The minimum Gasteiger partial charge on any atom is -0.497 e. The quantitative estimate of drug-likeness (QED) is 0.809. The summed E-state index contributed by atoms with van der Waals surface area (Å²) in [5.41, 5.74) is 6.09. The molecule has 0 amide bonds. The SMILES string of the molecule is CCS(=O)(=O)N(CCCN)c1ccc(OC)cc1. The third kappa shape index (κ3) is 3.61. The van der Waals surface area contributed by atoms with Crippen LogP contribution in [-0.2, 0) is 10.0 Å². The summed E-state index contributed by atoms with van der Waals surface area (Å²) >= 11 is 0. The molecule has 1 aromatic carbocycles. The number of rotatable bonds is 7. The number of nitrogens with two attached hydrogens (primary N) is 1. The second kappa shape index (κ2) is 6.61. The Labute approximate surface area is 109 Å². The van der Waals surface area contributed by atoms with Crippen molar-refractivity contribution >= 4 is 15.7 Å². The molecule has 0 aliphatic carbocycles. The van der Waals surface area contributed by atoms with Crippen LogP contribution >= 0.6 is 0 Å². The predicted octanol–water partition coefficient (Wildman–Crippen LogP) is 1.20. The van der Waals surface area contributed by atoms with E-state index in [9.17, 15) is 8.42 Å². The van der Waals surface area contributed by atoms with E-state index in [-0.39, 0.29) is 5.75 Å². The van der Waals surface area contributed by atoms with Gasteiger partial charge in [0, 0.05) is 6.54 Å². The molecule has 0 fully saturated rings. The fourth-order valence-electron chi connectivity index (χ4n) is 1.57. The summed E-state index contributed by atoms with van der Waals surface area (Å²) in [6, 6.07) is 6.97. The third-order valence-electron chi connectivity index (χ3n) is 2.63. The molecule has 5 nitrogen and oxygen atoms in total. The Morgan fingerprint density at radius 2 is 1.89 bits per heavy atom. The van der Waals surface area contributed by atoms with Crippen molar-refractivity contribution in [2.75, 3.05) is 30.3 Å². The summed E-state index contributed by atoms with van der Waals surface area (Å²) in [7, 11) is -1.69. The zero-order valence-electron chi connectivity index (χ0n) is 10.8. The lowest BCUT2D eigenvalue weighted by Crippen LogP contribution is -2.34. The molecule has 6 heteroatoms. The van der Waals surface area contributed by atoms with E-state index >= 15 is 0 Å². The highest BCUT2D eigenvalue weighted by Gasteiger charge is 2.19. The average molecular weight is 272 g/mol. The summed E-state index contributed by atoms with van der Waals surface area (Å²) in [6.45, 7) is 2.50. The first-order chi connectivity index (χ1) is 8.55. The largest absolute Gasteiger partial charge is 0.497 e. The van der Waals surface area contributed by atoms with E-state index in [0.717, 1.165) is 0 Å². The minimum atomic E-state index is -3.27. The first-order valence-corrected chi connectivity index (χ1v) is 7.50. The second-order valence-corrected chi connectivity index (χ2v) is 5.99. The lowest BCUT2D eigenvalue weighted by atomic mass is 10.3. The normalized spacial score (nSPS) is 11.3. The molecule has 0 unspecified atom stereocenters. The van der Waals surface area contributed by atoms with Crippen LogP contribution in [0.25, 0.3) is 0 Å². The maximum Gasteiger partial charge on any atom is 0.234 e. The van der Waals surface area contributed by atoms with E-state index in [0.29, 0.717) is 30.9 Å². The Kier molecular flexibility index (Phi) is 5.43. The van der Waals surface area contributed by atoms with Crippen molar-refractivity contribution < 1.29 is 13.2 Å². The van der Waals surface area contributed by atoms with Crippen LogP contribution in [0.2, 0.25) is 0 Å². The van der Waals surface area contributed by atoms with Gasteiger partial charge in [-0.3, -0.25) is 4.31 Å². The molecule has 0 saturated heterocycles. The van der Waals surface area contributed by atoms with Crippen molar-refractivity contribution in [1.29, 1.82) is 0 Å². The Morgan fingerprint density at radius 3 is 2.33 bits per heavy atom. The maximum absolute atomic E-state index is 12.0. The number of methoxy groups -OCH3 is 1. The zero-order chi connectivity index (χ0) is 13.6. The van der Waals surface area contributed by atoms with Crippen molar-refractivity contribution in [1.82, 2.24) is 0 Å². The van der Waals surface area contributed by atoms with Gasteiger partial charge in [0.25, 0.3) is 0 Å². The molecule has 0 aromatic heterocycles. The molecule has 0 heterocycles. The molecular formula is C12H20N2O3S. The lowest BCUT2D eigenvalue weighted by Gasteiger charge is -2.23. The summed E-state index contributed by atoms with van der Waals surface area (Å²) in [6.07, 6.45) is 0.630. The number of hydrogen-bond acceptors (Lipinski definition) is 4. The molecule has 102 valence electrons. The zero-order valence-corrected chi connectivity index (χ0v) is 11.6. The summed E-state index contributed by atoms with van der Waals surface area (Å²) in [4.78, 5) is 0. The van der Waals surface area contributed by atoms with E-state index in [1.807, 2.05) is 0 Å². The molecule has 2 N–H and O–H groups in total. The van der Waals surface area contributed by atoms with Crippen molar-refractivity contribution in [3.05, 3.63) is 24.3 Å². The van der Waals surface area contributed by atoms with Crippen molar-refractivity contribution in [2.45, 2.75) is 13.3 Å². The average Bonchev–Trinajstić information content (AvgIpc) is 2.39. The number of anilines is 1. The van der Waals surface area contributed by atoms with Gasteiger partial charge in [0.2, 0.25) is 10.0 Å². The van der Waals surface area contributed by atoms with Crippen molar-refractivity contribution in [2.24, 2.45) is 5.73 Å². The molecular weight excluding hydrogens is 252 g/mol. The summed E-state index contributed by atoms with van der Waals surface area (Å²) in [5.74, 6) is 0.773. The Bertz CT molecular complexity index is 457. The van der Waals surface area contributed by atoms with Crippen LogP contribution in [0.1, 0.15) is 13.3 Å². The van der Waals surface area contributed by atoms with Gasteiger partial charge < -0.3 is 10.5 Å². The molecule has 1 aromatic rings. The van der Waals surface area contributed by atoms with Crippen LogP contribution in [0, 0.1) is 0 Å².